The van der Waals surface area contributed by atoms with Gasteiger partial charge in [0.25, 0.3) is 0 Å². The van der Waals surface area contributed by atoms with E-state index in [9.17, 15) is 9.59 Å². The first-order valence-corrected chi connectivity index (χ1v) is 6.68. The van der Waals surface area contributed by atoms with Crippen LogP contribution in [0.25, 0.3) is 0 Å². The molecular weight excluding hydrogens is 297 g/mol. The molecule has 0 unspecified atom stereocenters. The van der Waals surface area contributed by atoms with Crippen LogP contribution in [-0.4, -0.2) is 41.2 Å². The van der Waals surface area contributed by atoms with Gasteiger partial charge in [-0.3, -0.25) is 9.59 Å². The Kier molecular flexibility index (Phi) is 5.78. The van der Waals surface area contributed by atoms with Crippen molar-refractivity contribution in [1.82, 2.24) is 4.90 Å². The predicted octanol–water partition coefficient (Wildman–Crippen LogP) is 2.63. The standard InChI is InChI=1S/C11H11Cl2NO3S/c1-14(5-11(16)17)10(15)6-18-9-4-7(12)2-3-8(9)13/h2-4H,5-6H2,1H3,(H,16,17). The van der Waals surface area contributed by atoms with Crippen molar-refractivity contribution >= 4 is 46.8 Å². The van der Waals surface area contributed by atoms with Crippen molar-refractivity contribution in [1.29, 1.82) is 0 Å². The Balaban J connectivity index is 2.57. The third kappa shape index (κ3) is 4.76. The lowest BCUT2D eigenvalue weighted by Crippen LogP contribution is -2.33. The Hall–Kier alpha value is -0.910. The molecule has 0 aliphatic rings. The number of nitrogens with zero attached hydrogens (tertiary/aromatic N) is 1. The molecule has 1 aromatic carbocycles. The van der Waals surface area contributed by atoms with Crippen molar-refractivity contribution in [2.75, 3.05) is 19.3 Å². The fourth-order valence-electron chi connectivity index (χ4n) is 1.13. The third-order valence-corrected chi connectivity index (χ3v) is 3.76. The maximum atomic E-state index is 11.6. The number of likely N-dealkylation sites (N-methyl/N-ethyl adjacent to an activating group) is 1. The average Bonchev–Trinajstić information content (AvgIpc) is 2.29. The van der Waals surface area contributed by atoms with E-state index in [0.717, 1.165) is 4.90 Å². The second kappa shape index (κ2) is 6.87. The number of halogens is 2. The predicted molar refractivity (Wildman–Crippen MR) is 72.5 cm³/mol. The Labute approximate surface area is 119 Å². The molecule has 0 heterocycles. The van der Waals surface area contributed by atoms with Gasteiger partial charge in [-0.15, -0.1) is 11.8 Å². The summed E-state index contributed by atoms with van der Waals surface area (Å²) in [6, 6.07) is 4.98. The fourth-order valence-corrected chi connectivity index (χ4v) is 2.56. The summed E-state index contributed by atoms with van der Waals surface area (Å²) < 4.78 is 0. The number of benzene rings is 1. The first kappa shape index (κ1) is 15.1. The van der Waals surface area contributed by atoms with Gasteiger partial charge >= 0.3 is 5.97 Å². The molecule has 7 heteroatoms. The van der Waals surface area contributed by atoms with Crippen LogP contribution in [0.4, 0.5) is 0 Å². The number of hydrogen-bond donors (Lipinski definition) is 1. The summed E-state index contributed by atoms with van der Waals surface area (Å²) >= 11 is 13.0. The van der Waals surface area contributed by atoms with Crippen LogP contribution in [0.15, 0.2) is 23.1 Å². The first-order valence-electron chi connectivity index (χ1n) is 4.93. The molecule has 0 saturated heterocycles. The molecule has 98 valence electrons. The molecule has 0 aliphatic carbocycles. The number of hydrogen-bond acceptors (Lipinski definition) is 3. The molecular formula is C11H11Cl2NO3S. The van der Waals surface area contributed by atoms with E-state index in [4.69, 9.17) is 28.3 Å². The largest absolute Gasteiger partial charge is 0.480 e. The highest BCUT2D eigenvalue weighted by Crippen LogP contribution is 2.29. The highest BCUT2D eigenvalue weighted by Gasteiger charge is 2.13. The van der Waals surface area contributed by atoms with Crippen LogP contribution in [0.3, 0.4) is 0 Å². The first-order chi connectivity index (χ1) is 8.40. The van der Waals surface area contributed by atoms with Gasteiger partial charge in [-0.2, -0.15) is 0 Å². The van der Waals surface area contributed by atoms with Gasteiger partial charge < -0.3 is 10.0 Å². The normalized spacial score (nSPS) is 10.2. The number of amides is 1. The smallest absolute Gasteiger partial charge is 0.323 e. The van der Waals surface area contributed by atoms with Gasteiger partial charge in [-0.1, -0.05) is 23.2 Å². The molecule has 0 bridgehead atoms. The third-order valence-electron chi connectivity index (χ3n) is 2.04. The van der Waals surface area contributed by atoms with Crippen molar-refractivity contribution in [2.45, 2.75) is 4.90 Å². The molecule has 1 N–H and O–H groups in total. The number of rotatable bonds is 5. The maximum absolute atomic E-state index is 11.6. The van der Waals surface area contributed by atoms with Gasteiger partial charge in [-0.25, -0.2) is 0 Å². The molecule has 0 aromatic heterocycles. The van der Waals surface area contributed by atoms with Crippen LogP contribution < -0.4 is 0 Å². The molecule has 0 saturated carbocycles. The van der Waals surface area contributed by atoms with E-state index in [1.54, 1.807) is 18.2 Å². The summed E-state index contributed by atoms with van der Waals surface area (Å²) in [4.78, 5) is 23.9. The molecule has 0 aliphatic heterocycles. The average molecular weight is 308 g/mol. The molecule has 18 heavy (non-hydrogen) atoms. The van der Waals surface area contributed by atoms with Gasteiger partial charge in [-0.05, 0) is 18.2 Å². The summed E-state index contributed by atoms with van der Waals surface area (Å²) in [5, 5.41) is 9.61. The van der Waals surface area contributed by atoms with E-state index in [2.05, 4.69) is 0 Å². The van der Waals surface area contributed by atoms with Crippen LogP contribution in [0.5, 0.6) is 0 Å². The summed E-state index contributed by atoms with van der Waals surface area (Å²) in [7, 11) is 1.44. The van der Waals surface area contributed by atoms with Crippen molar-refractivity contribution in [3.63, 3.8) is 0 Å². The Morgan fingerprint density at radius 2 is 2.06 bits per heavy atom. The molecule has 0 radical (unpaired) electrons. The monoisotopic (exact) mass is 307 g/mol. The van der Waals surface area contributed by atoms with E-state index < -0.39 is 5.97 Å². The quantitative estimate of drug-likeness (QED) is 0.850. The summed E-state index contributed by atoms with van der Waals surface area (Å²) in [6.07, 6.45) is 0. The zero-order valence-corrected chi connectivity index (χ0v) is 11.8. The highest BCUT2D eigenvalue weighted by atomic mass is 35.5. The van der Waals surface area contributed by atoms with E-state index in [1.807, 2.05) is 0 Å². The Morgan fingerprint density at radius 1 is 1.39 bits per heavy atom. The van der Waals surface area contributed by atoms with Crippen LogP contribution in [0.1, 0.15) is 0 Å². The van der Waals surface area contributed by atoms with Gasteiger partial charge in [0.1, 0.15) is 6.54 Å². The minimum atomic E-state index is -1.04. The number of carbonyl (C=O) groups excluding carboxylic acids is 1. The Bertz CT molecular complexity index is 468. The number of thioether (sulfide) groups is 1. The van der Waals surface area contributed by atoms with E-state index in [-0.39, 0.29) is 18.2 Å². The van der Waals surface area contributed by atoms with Crippen LogP contribution in [0, 0.1) is 0 Å². The van der Waals surface area contributed by atoms with Crippen molar-refractivity contribution in [2.24, 2.45) is 0 Å². The van der Waals surface area contributed by atoms with E-state index in [0.29, 0.717) is 14.9 Å². The molecule has 1 amide bonds. The fraction of sp³-hybridized carbons (Fsp3) is 0.273. The van der Waals surface area contributed by atoms with Crippen molar-refractivity contribution in [3.05, 3.63) is 28.2 Å². The molecule has 1 rings (SSSR count). The summed E-state index contributed by atoms with van der Waals surface area (Å²) in [6.45, 7) is -0.317. The second-order valence-electron chi connectivity index (χ2n) is 3.51. The molecule has 0 fully saturated rings. The van der Waals surface area contributed by atoms with Crippen molar-refractivity contribution < 1.29 is 14.7 Å². The molecule has 0 atom stereocenters. The van der Waals surface area contributed by atoms with Crippen LogP contribution >= 0.6 is 35.0 Å². The topological polar surface area (TPSA) is 57.6 Å². The SMILES string of the molecule is CN(CC(=O)O)C(=O)CSc1cc(Cl)ccc1Cl. The minimum absolute atomic E-state index is 0.115. The summed E-state index contributed by atoms with van der Waals surface area (Å²) in [5.41, 5.74) is 0. The van der Waals surface area contributed by atoms with Crippen LogP contribution in [0.2, 0.25) is 10.0 Å². The zero-order chi connectivity index (χ0) is 13.7. The zero-order valence-electron chi connectivity index (χ0n) is 9.52. The number of carboxylic acids is 1. The molecule has 4 nitrogen and oxygen atoms in total. The summed E-state index contributed by atoms with van der Waals surface area (Å²) in [5.74, 6) is -1.21. The highest BCUT2D eigenvalue weighted by molar-refractivity contribution is 8.00. The van der Waals surface area contributed by atoms with E-state index >= 15 is 0 Å². The van der Waals surface area contributed by atoms with Crippen LogP contribution in [-0.2, 0) is 9.59 Å². The van der Waals surface area contributed by atoms with Gasteiger partial charge in [0.15, 0.2) is 0 Å². The Morgan fingerprint density at radius 3 is 2.67 bits per heavy atom. The second-order valence-corrected chi connectivity index (χ2v) is 5.37. The minimum Gasteiger partial charge on any atom is -0.480 e. The van der Waals surface area contributed by atoms with Gasteiger partial charge in [0, 0.05) is 17.0 Å². The van der Waals surface area contributed by atoms with Crippen molar-refractivity contribution in [3.8, 4) is 0 Å². The lowest BCUT2D eigenvalue weighted by molar-refractivity contribution is -0.142. The lowest BCUT2D eigenvalue weighted by atomic mass is 10.4. The molecule has 1 aromatic rings. The number of aliphatic carboxylic acids is 1. The maximum Gasteiger partial charge on any atom is 0.323 e. The lowest BCUT2D eigenvalue weighted by Gasteiger charge is -2.14. The number of carboxylic acid groups (broad SMARTS) is 1. The van der Waals surface area contributed by atoms with Gasteiger partial charge in [0.05, 0.1) is 10.8 Å². The number of carbonyl (C=O) groups is 2. The van der Waals surface area contributed by atoms with E-state index in [1.165, 1.54) is 18.8 Å². The van der Waals surface area contributed by atoms with Gasteiger partial charge in [0.2, 0.25) is 5.91 Å². The molecule has 0 spiro atoms.